The van der Waals surface area contributed by atoms with E-state index in [1.807, 2.05) is 4.90 Å². The smallest absolute Gasteiger partial charge is 0.410 e. The minimum Gasteiger partial charge on any atom is -0.445 e. The number of ether oxygens (including phenoxy) is 1. The number of nitrogens with two attached hydrogens (primary N) is 1. The predicted molar refractivity (Wildman–Crippen MR) is 57.4 cm³/mol. The summed E-state index contributed by atoms with van der Waals surface area (Å²) in [7, 11) is 0. The predicted octanol–water partition coefficient (Wildman–Crippen LogP) is 1.26. The Bertz CT molecular complexity index is 253. The van der Waals surface area contributed by atoms with Crippen LogP contribution in [0.1, 0.15) is 25.7 Å². The molecule has 2 aliphatic rings. The van der Waals surface area contributed by atoms with Crippen molar-refractivity contribution in [2.75, 3.05) is 6.61 Å². The summed E-state index contributed by atoms with van der Waals surface area (Å²) in [6.45, 7) is 3.82. The summed E-state index contributed by atoms with van der Waals surface area (Å²) in [5.41, 5.74) is 5.92. The van der Waals surface area contributed by atoms with E-state index in [1.165, 1.54) is 0 Å². The average Bonchev–Trinajstić information content (AvgIpc) is 2.48. The van der Waals surface area contributed by atoms with E-state index < -0.39 is 0 Å². The van der Waals surface area contributed by atoms with Gasteiger partial charge in [0.2, 0.25) is 0 Å². The molecule has 0 aliphatic carbocycles. The number of carbonyl (C=O) groups excluding carboxylic acids is 1. The molecule has 1 amide bonds. The lowest BCUT2D eigenvalue weighted by Crippen LogP contribution is -2.50. The number of carbonyl (C=O) groups is 1. The highest BCUT2D eigenvalue weighted by atomic mass is 16.6. The number of nitrogens with zero attached hydrogens (tertiary/aromatic N) is 1. The largest absolute Gasteiger partial charge is 0.445 e. The molecule has 2 saturated heterocycles. The summed E-state index contributed by atoms with van der Waals surface area (Å²) in [4.78, 5) is 13.6. The van der Waals surface area contributed by atoms with E-state index >= 15 is 0 Å². The summed E-state index contributed by atoms with van der Waals surface area (Å²) in [6, 6.07) is 0.859. The van der Waals surface area contributed by atoms with Crippen molar-refractivity contribution in [2.24, 2.45) is 5.73 Å². The fourth-order valence-corrected chi connectivity index (χ4v) is 2.72. The van der Waals surface area contributed by atoms with Gasteiger partial charge in [-0.15, -0.1) is 0 Å². The SMILES string of the molecule is C=CCOC(=O)N1[C@@H]2CC[C@H]1CC(N)C2. The van der Waals surface area contributed by atoms with Crippen LogP contribution < -0.4 is 5.73 Å². The van der Waals surface area contributed by atoms with Crippen molar-refractivity contribution in [1.82, 2.24) is 4.90 Å². The van der Waals surface area contributed by atoms with Crippen LogP contribution in [0.2, 0.25) is 0 Å². The zero-order valence-corrected chi connectivity index (χ0v) is 8.89. The first kappa shape index (κ1) is 10.5. The van der Waals surface area contributed by atoms with Crippen molar-refractivity contribution >= 4 is 6.09 Å². The Kier molecular flexibility index (Phi) is 2.95. The molecule has 2 bridgehead atoms. The van der Waals surface area contributed by atoms with E-state index in [0.29, 0.717) is 18.7 Å². The first-order valence-electron chi connectivity index (χ1n) is 5.54. The first-order chi connectivity index (χ1) is 7.22. The summed E-state index contributed by atoms with van der Waals surface area (Å²) in [6.07, 6.45) is 5.37. The first-order valence-corrected chi connectivity index (χ1v) is 5.54. The van der Waals surface area contributed by atoms with Gasteiger partial charge in [0.1, 0.15) is 6.61 Å². The van der Waals surface area contributed by atoms with Gasteiger partial charge in [-0.1, -0.05) is 12.7 Å². The Labute approximate surface area is 90.1 Å². The molecule has 2 fully saturated rings. The second-order valence-electron chi connectivity index (χ2n) is 4.39. The zero-order valence-electron chi connectivity index (χ0n) is 8.89. The zero-order chi connectivity index (χ0) is 10.8. The van der Waals surface area contributed by atoms with Crippen LogP contribution in [0.15, 0.2) is 12.7 Å². The Morgan fingerprint density at radius 3 is 2.60 bits per heavy atom. The van der Waals surface area contributed by atoms with Gasteiger partial charge in [-0.3, -0.25) is 0 Å². The molecular formula is C11H18N2O2. The van der Waals surface area contributed by atoms with Crippen molar-refractivity contribution in [3.63, 3.8) is 0 Å². The molecule has 0 aromatic carbocycles. The second kappa shape index (κ2) is 4.23. The van der Waals surface area contributed by atoms with Gasteiger partial charge in [-0.2, -0.15) is 0 Å². The molecule has 4 nitrogen and oxygen atoms in total. The number of piperidine rings is 1. The summed E-state index contributed by atoms with van der Waals surface area (Å²) in [5.74, 6) is 0. The Hall–Kier alpha value is -1.03. The van der Waals surface area contributed by atoms with E-state index in [9.17, 15) is 4.79 Å². The second-order valence-corrected chi connectivity index (χ2v) is 4.39. The van der Waals surface area contributed by atoms with Crippen LogP contribution in [0, 0.1) is 0 Å². The van der Waals surface area contributed by atoms with Gasteiger partial charge in [0.15, 0.2) is 0 Å². The maximum absolute atomic E-state index is 11.7. The van der Waals surface area contributed by atoms with Gasteiger partial charge < -0.3 is 15.4 Å². The quantitative estimate of drug-likeness (QED) is 0.698. The minimum absolute atomic E-state index is 0.200. The van der Waals surface area contributed by atoms with Crippen LogP contribution in [-0.4, -0.2) is 35.7 Å². The van der Waals surface area contributed by atoms with Crippen LogP contribution in [0.5, 0.6) is 0 Å². The third kappa shape index (κ3) is 2.00. The molecule has 2 aliphatic heterocycles. The lowest BCUT2D eigenvalue weighted by Gasteiger charge is -2.36. The van der Waals surface area contributed by atoms with Gasteiger partial charge in [-0.25, -0.2) is 4.79 Å². The van der Waals surface area contributed by atoms with Gasteiger partial charge in [0.25, 0.3) is 0 Å². The number of hydrogen-bond acceptors (Lipinski definition) is 3. The summed E-state index contributed by atoms with van der Waals surface area (Å²) in [5, 5.41) is 0. The van der Waals surface area contributed by atoms with Crippen LogP contribution in [0.3, 0.4) is 0 Å². The lowest BCUT2D eigenvalue weighted by atomic mass is 9.99. The van der Waals surface area contributed by atoms with E-state index in [2.05, 4.69) is 6.58 Å². The molecule has 0 aromatic rings. The average molecular weight is 210 g/mol. The molecule has 0 spiro atoms. The third-order valence-corrected chi connectivity index (χ3v) is 3.31. The monoisotopic (exact) mass is 210 g/mol. The van der Waals surface area contributed by atoms with Crippen molar-refractivity contribution in [3.8, 4) is 0 Å². The highest BCUT2D eigenvalue weighted by molar-refractivity contribution is 5.69. The molecule has 4 heteroatoms. The molecule has 3 atom stereocenters. The molecule has 15 heavy (non-hydrogen) atoms. The topological polar surface area (TPSA) is 55.6 Å². The number of rotatable bonds is 2. The standard InChI is InChI=1S/C11H18N2O2/c1-2-5-15-11(14)13-9-3-4-10(13)7-8(12)6-9/h2,8-10H,1,3-7,12H2/t8?,9-,10+. The highest BCUT2D eigenvalue weighted by Crippen LogP contribution is 2.35. The highest BCUT2D eigenvalue weighted by Gasteiger charge is 2.42. The minimum atomic E-state index is -0.200. The summed E-state index contributed by atoms with van der Waals surface area (Å²) >= 11 is 0. The molecule has 2 N–H and O–H groups in total. The van der Waals surface area contributed by atoms with Gasteiger partial charge in [0.05, 0.1) is 0 Å². The number of hydrogen-bond donors (Lipinski definition) is 1. The number of fused-ring (bicyclic) bond motifs is 2. The molecule has 1 unspecified atom stereocenters. The lowest BCUT2D eigenvalue weighted by molar-refractivity contribution is 0.0733. The van der Waals surface area contributed by atoms with E-state index in [1.54, 1.807) is 6.08 Å². The molecule has 0 aromatic heterocycles. The van der Waals surface area contributed by atoms with Gasteiger partial charge in [0, 0.05) is 18.1 Å². The molecule has 0 saturated carbocycles. The van der Waals surface area contributed by atoms with E-state index in [4.69, 9.17) is 10.5 Å². The van der Waals surface area contributed by atoms with Crippen molar-refractivity contribution in [3.05, 3.63) is 12.7 Å². The maximum atomic E-state index is 11.7. The summed E-state index contributed by atoms with van der Waals surface area (Å²) < 4.78 is 5.07. The van der Waals surface area contributed by atoms with Gasteiger partial charge in [-0.05, 0) is 25.7 Å². The van der Waals surface area contributed by atoms with Gasteiger partial charge >= 0.3 is 6.09 Å². The van der Waals surface area contributed by atoms with Crippen LogP contribution >= 0.6 is 0 Å². The van der Waals surface area contributed by atoms with E-state index in [-0.39, 0.29) is 12.1 Å². The Balaban J connectivity index is 1.98. The fourth-order valence-electron chi connectivity index (χ4n) is 2.72. The molecule has 0 radical (unpaired) electrons. The number of amides is 1. The van der Waals surface area contributed by atoms with Crippen molar-refractivity contribution < 1.29 is 9.53 Å². The van der Waals surface area contributed by atoms with E-state index in [0.717, 1.165) is 25.7 Å². The molecule has 84 valence electrons. The van der Waals surface area contributed by atoms with Crippen LogP contribution in [-0.2, 0) is 4.74 Å². The third-order valence-electron chi connectivity index (χ3n) is 3.31. The van der Waals surface area contributed by atoms with Crippen LogP contribution in [0.25, 0.3) is 0 Å². The molecule has 2 heterocycles. The van der Waals surface area contributed by atoms with Crippen molar-refractivity contribution in [1.29, 1.82) is 0 Å². The maximum Gasteiger partial charge on any atom is 0.410 e. The fraction of sp³-hybridized carbons (Fsp3) is 0.727. The molecular weight excluding hydrogens is 192 g/mol. The van der Waals surface area contributed by atoms with Crippen molar-refractivity contribution in [2.45, 2.75) is 43.8 Å². The van der Waals surface area contributed by atoms with Crippen LogP contribution in [0.4, 0.5) is 4.79 Å². The Morgan fingerprint density at radius 1 is 1.47 bits per heavy atom. The normalized spacial score (nSPS) is 33.9. The Morgan fingerprint density at radius 2 is 2.07 bits per heavy atom. The molecule has 2 rings (SSSR count).